The van der Waals surface area contributed by atoms with Crippen LogP contribution in [0.5, 0.6) is 0 Å². The third-order valence-corrected chi connectivity index (χ3v) is 2.66. The predicted octanol–water partition coefficient (Wildman–Crippen LogP) is 2.04. The molecule has 2 atom stereocenters. The standard InChI is InChI=1S/C13H16N2.CH5N/c1-9-8-12(15-13(9)10(2)14)11-6-4-3-5-7-11;1-2/h3-10H,14H2,1-2H3;2H2,1H3. The van der Waals surface area contributed by atoms with Crippen molar-refractivity contribution >= 4 is 11.4 Å². The SMILES string of the molecule is CC(N)C1=NC(c2ccccc2)=CC1C.CN. The highest BCUT2D eigenvalue weighted by atomic mass is 14.8. The van der Waals surface area contributed by atoms with Crippen molar-refractivity contribution in [2.24, 2.45) is 22.4 Å². The molecule has 0 radical (unpaired) electrons. The minimum Gasteiger partial charge on any atom is -0.333 e. The highest BCUT2D eigenvalue weighted by Gasteiger charge is 2.20. The van der Waals surface area contributed by atoms with Gasteiger partial charge in [-0.1, -0.05) is 37.3 Å². The first-order chi connectivity index (χ1) is 8.18. The summed E-state index contributed by atoms with van der Waals surface area (Å²) in [4.78, 5) is 4.59. The van der Waals surface area contributed by atoms with Gasteiger partial charge < -0.3 is 11.5 Å². The zero-order valence-electron chi connectivity index (χ0n) is 10.7. The maximum atomic E-state index is 5.86. The minimum atomic E-state index is 0.0393. The molecule has 1 aromatic rings. The number of nitrogens with two attached hydrogens (primary N) is 2. The molecular weight excluding hydrogens is 210 g/mol. The van der Waals surface area contributed by atoms with Crippen LogP contribution in [0.15, 0.2) is 41.4 Å². The number of nitrogens with zero attached hydrogens (tertiary/aromatic N) is 1. The van der Waals surface area contributed by atoms with Crippen LogP contribution in [0.2, 0.25) is 0 Å². The molecule has 0 amide bonds. The number of allylic oxidation sites excluding steroid dienone is 1. The van der Waals surface area contributed by atoms with Gasteiger partial charge >= 0.3 is 0 Å². The molecule has 4 N–H and O–H groups in total. The van der Waals surface area contributed by atoms with Gasteiger partial charge in [-0.05, 0) is 25.6 Å². The van der Waals surface area contributed by atoms with Crippen molar-refractivity contribution < 1.29 is 0 Å². The zero-order chi connectivity index (χ0) is 12.8. The third kappa shape index (κ3) is 3.25. The quantitative estimate of drug-likeness (QED) is 0.818. The van der Waals surface area contributed by atoms with E-state index in [9.17, 15) is 0 Å². The lowest BCUT2D eigenvalue weighted by atomic mass is 10.0. The molecule has 0 fully saturated rings. The Hall–Kier alpha value is -1.45. The van der Waals surface area contributed by atoms with E-state index >= 15 is 0 Å². The average Bonchev–Trinajstić information content (AvgIpc) is 2.75. The summed E-state index contributed by atoms with van der Waals surface area (Å²) in [6.07, 6.45) is 2.17. The van der Waals surface area contributed by atoms with E-state index in [1.165, 1.54) is 12.6 Å². The summed E-state index contributed by atoms with van der Waals surface area (Å²) >= 11 is 0. The molecule has 0 aromatic heterocycles. The van der Waals surface area contributed by atoms with E-state index in [4.69, 9.17) is 5.73 Å². The fourth-order valence-electron chi connectivity index (χ4n) is 1.89. The summed E-state index contributed by atoms with van der Waals surface area (Å²) in [7, 11) is 1.50. The molecular formula is C14H21N3. The highest BCUT2D eigenvalue weighted by Crippen LogP contribution is 2.26. The van der Waals surface area contributed by atoms with Gasteiger partial charge in [0.05, 0.1) is 5.70 Å². The van der Waals surface area contributed by atoms with E-state index in [1.54, 1.807) is 0 Å². The van der Waals surface area contributed by atoms with E-state index < -0.39 is 0 Å². The first kappa shape index (κ1) is 13.6. The molecule has 2 rings (SSSR count). The number of aliphatic imine (C=N–C) groups is 1. The summed E-state index contributed by atoms with van der Waals surface area (Å²) in [6.45, 7) is 4.12. The van der Waals surface area contributed by atoms with Crippen molar-refractivity contribution in [2.75, 3.05) is 7.05 Å². The van der Waals surface area contributed by atoms with Crippen molar-refractivity contribution in [2.45, 2.75) is 19.9 Å². The Morgan fingerprint density at radius 2 is 1.76 bits per heavy atom. The van der Waals surface area contributed by atoms with Crippen molar-refractivity contribution in [3.8, 4) is 0 Å². The second-order valence-electron chi connectivity index (χ2n) is 4.03. The Labute approximate surface area is 103 Å². The smallest absolute Gasteiger partial charge is 0.0669 e. The summed E-state index contributed by atoms with van der Waals surface area (Å²) in [6, 6.07) is 10.3. The lowest BCUT2D eigenvalue weighted by Crippen LogP contribution is -2.29. The van der Waals surface area contributed by atoms with E-state index in [0.717, 1.165) is 11.4 Å². The second kappa shape index (κ2) is 6.33. The summed E-state index contributed by atoms with van der Waals surface area (Å²) < 4.78 is 0. The van der Waals surface area contributed by atoms with Crippen molar-refractivity contribution in [1.82, 2.24) is 0 Å². The third-order valence-electron chi connectivity index (χ3n) is 2.66. The monoisotopic (exact) mass is 231 g/mol. The average molecular weight is 231 g/mol. The maximum absolute atomic E-state index is 5.86. The van der Waals surface area contributed by atoms with Gasteiger partial charge in [0.25, 0.3) is 0 Å². The molecule has 1 aliphatic rings. The van der Waals surface area contributed by atoms with Crippen molar-refractivity contribution in [3.63, 3.8) is 0 Å². The summed E-state index contributed by atoms with van der Waals surface area (Å²) in [5.41, 5.74) is 13.7. The molecule has 0 spiro atoms. The van der Waals surface area contributed by atoms with Gasteiger partial charge in [0.15, 0.2) is 0 Å². The number of benzene rings is 1. The molecule has 0 aliphatic carbocycles. The van der Waals surface area contributed by atoms with E-state index in [1.807, 2.05) is 25.1 Å². The molecule has 17 heavy (non-hydrogen) atoms. The lowest BCUT2D eigenvalue weighted by molar-refractivity contribution is 0.885. The van der Waals surface area contributed by atoms with Crippen LogP contribution in [-0.4, -0.2) is 18.8 Å². The summed E-state index contributed by atoms with van der Waals surface area (Å²) in [5.74, 6) is 0.361. The molecule has 3 heteroatoms. The highest BCUT2D eigenvalue weighted by molar-refractivity contribution is 6.00. The molecule has 3 nitrogen and oxygen atoms in total. The lowest BCUT2D eigenvalue weighted by Gasteiger charge is -2.08. The summed E-state index contributed by atoms with van der Waals surface area (Å²) in [5, 5.41) is 0. The van der Waals surface area contributed by atoms with Crippen LogP contribution in [0.1, 0.15) is 19.4 Å². The molecule has 0 bridgehead atoms. The molecule has 1 aromatic carbocycles. The number of hydrogen-bond acceptors (Lipinski definition) is 3. The minimum absolute atomic E-state index is 0.0393. The molecule has 92 valence electrons. The zero-order valence-corrected chi connectivity index (χ0v) is 10.7. The number of rotatable bonds is 2. The van der Waals surface area contributed by atoms with Gasteiger partial charge in [-0.25, -0.2) is 0 Å². The Morgan fingerprint density at radius 1 is 1.18 bits per heavy atom. The predicted molar refractivity (Wildman–Crippen MR) is 74.8 cm³/mol. The van der Waals surface area contributed by atoms with Crippen LogP contribution in [0.25, 0.3) is 5.70 Å². The topological polar surface area (TPSA) is 64.4 Å². The second-order valence-corrected chi connectivity index (χ2v) is 4.03. The van der Waals surface area contributed by atoms with Crippen LogP contribution >= 0.6 is 0 Å². The fraction of sp³-hybridized carbons (Fsp3) is 0.357. The molecule has 0 saturated heterocycles. The van der Waals surface area contributed by atoms with Gasteiger partial charge in [-0.2, -0.15) is 0 Å². The van der Waals surface area contributed by atoms with Gasteiger partial charge in [-0.15, -0.1) is 0 Å². The van der Waals surface area contributed by atoms with Crippen LogP contribution in [0.4, 0.5) is 0 Å². The molecule has 0 saturated carbocycles. The first-order valence-electron chi connectivity index (χ1n) is 5.87. The fourth-order valence-corrected chi connectivity index (χ4v) is 1.89. The molecule has 1 heterocycles. The molecule has 2 unspecified atom stereocenters. The largest absolute Gasteiger partial charge is 0.333 e. The van der Waals surface area contributed by atoms with Crippen LogP contribution in [0.3, 0.4) is 0 Å². The Kier molecular flexibility index (Phi) is 5.07. The van der Waals surface area contributed by atoms with Gasteiger partial charge in [0.1, 0.15) is 0 Å². The van der Waals surface area contributed by atoms with Crippen LogP contribution in [0, 0.1) is 5.92 Å². The first-order valence-corrected chi connectivity index (χ1v) is 5.87. The number of hydrogen-bond donors (Lipinski definition) is 2. The van der Waals surface area contributed by atoms with Crippen LogP contribution < -0.4 is 11.5 Å². The maximum Gasteiger partial charge on any atom is 0.0669 e. The molecule has 1 aliphatic heterocycles. The van der Waals surface area contributed by atoms with Crippen LogP contribution in [-0.2, 0) is 0 Å². The normalized spacial score (nSPS) is 19.9. The Bertz CT molecular complexity index is 405. The Balaban J connectivity index is 0.000000686. The Morgan fingerprint density at radius 3 is 2.24 bits per heavy atom. The van der Waals surface area contributed by atoms with Gasteiger partial charge in [0.2, 0.25) is 0 Å². The van der Waals surface area contributed by atoms with E-state index in [-0.39, 0.29) is 6.04 Å². The van der Waals surface area contributed by atoms with Gasteiger partial charge in [0, 0.05) is 17.7 Å². The van der Waals surface area contributed by atoms with Gasteiger partial charge in [-0.3, -0.25) is 4.99 Å². The van der Waals surface area contributed by atoms with E-state index in [0.29, 0.717) is 5.92 Å². The van der Waals surface area contributed by atoms with E-state index in [2.05, 4.69) is 35.9 Å². The van der Waals surface area contributed by atoms with Crippen molar-refractivity contribution in [3.05, 3.63) is 42.0 Å². The van der Waals surface area contributed by atoms with Crippen molar-refractivity contribution in [1.29, 1.82) is 0 Å².